The van der Waals surface area contributed by atoms with E-state index in [1.165, 1.54) is 4.90 Å². The zero-order valence-corrected chi connectivity index (χ0v) is 19.1. The fourth-order valence-corrected chi connectivity index (χ4v) is 4.68. The van der Waals surface area contributed by atoms with Crippen molar-refractivity contribution in [1.82, 2.24) is 9.69 Å². The SMILES string of the molecule is CCC[C@H](C(=O)NC1CCCC1)N(C(=O)c1snc(C(N)=O)c1N)c1ccc(OC)cc1. The number of hydrogen-bond acceptors (Lipinski definition) is 7. The van der Waals surface area contributed by atoms with Gasteiger partial charge < -0.3 is 21.5 Å². The molecule has 0 radical (unpaired) electrons. The fraction of sp³-hybridized carbons (Fsp3) is 0.455. The van der Waals surface area contributed by atoms with Crippen LogP contribution in [0.3, 0.4) is 0 Å². The van der Waals surface area contributed by atoms with Crippen LogP contribution in [0.15, 0.2) is 24.3 Å². The highest BCUT2D eigenvalue weighted by Gasteiger charge is 2.35. The Morgan fingerprint density at radius 3 is 2.44 bits per heavy atom. The van der Waals surface area contributed by atoms with Gasteiger partial charge >= 0.3 is 0 Å². The van der Waals surface area contributed by atoms with Crippen molar-refractivity contribution in [3.63, 3.8) is 0 Å². The van der Waals surface area contributed by atoms with Gasteiger partial charge in [-0.25, -0.2) is 0 Å². The lowest BCUT2D eigenvalue weighted by Crippen LogP contribution is -2.51. The number of primary amides is 1. The monoisotopic (exact) mass is 459 g/mol. The fourth-order valence-electron chi connectivity index (χ4n) is 3.94. The number of nitrogens with two attached hydrogens (primary N) is 2. The quantitative estimate of drug-likeness (QED) is 0.526. The van der Waals surface area contributed by atoms with Gasteiger partial charge in [0, 0.05) is 11.7 Å². The number of carbonyl (C=O) groups excluding carboxylic acids is 3. The molecule has 1 heterocycles. The molecule has 1 fully saturated rings. The lowest BCUT2D eigenvalue weighted by atomic mass is 10.1. The van der Waals surface area contributed by atoms with Crippen LogP contribution in [0.1, 0.15) is 65.6 Å². The number of carbonyl (C=O) groups is 3. The number of methoxy groups -OCH3 is 1. The molecule has 0 bridgehead atoms. The number of nitrogen functional groups attached to an aromatic ring is 1. The molecule has 3 rings (SSSR count). The Kier molecular flexibility index (Phi) is 7.68. The van der Waals surface area contributed by atoms with Crippen molar-refractivity contribution in [3.8, 4) is 5.75 Å². The van der Waals surface area contributed by atoms with Crippen LogP contribution in [0.2, 0.25) is 0 Å². The Balaban J connectivity index is 2.01. The average Bonchev–Trinajstić information content (AvgIpc) is 3.43. The van der Waals surface area contributed by atoms with E-state index in [1.54, 1.807) is 31.4 Å². The predicted octanol–water partition coefficient (Wildman–Crippen LogP) is 2.71. The van der Waals surface area contributed by atoms with Gasteiger partial charge in [-0.05, 0) is 55.1 Å². The molecule has 3 amide bonds. The van der Waals surface area contributed by atoms with Gasteiger partial charge in [-0.3, -0.25) is 19.3 Å². The van der Waals surface area contributed by atoms with E-state index in [4.69, 9.17) is 16.2 Å². The molecule has 9 nitrogen and oxygen atoms in total. The number of rotatable bonds is 9. The number of anilines is 2. The molecule has 172 valence electrons. The van der Waals surface area contributed by atoms with Gasteiger partial charge in [0.05, 0.1) is 12.8 Å². The number of aromatic nitrogens is 1. The van der Waals surface area contributed by atoms with Crippen LogP contribution in [0.5, 0.6) is 5.75 Å². The van der Waals surface area contributed by atoms with E-state index in [0.29, 0.717) is 24.3 Å². The minimum absolute atomic E-state index is 0.0718. The topological polar surface area (TPSA) is 141 Å². The van der Waals surface area contributed by atoms with E-state index in [0.717, 1.165) is 37.2 Å². The van der Waals surface area contributed by atoms with Gasteiger partial charge in [0.1, 0.15) is 16.7 Å². The van der Waals surface area contributed by atoms with Crippen molar-refractivity contribution in [2.75, 3.05) is 17.7 Å². The second kappa shape index (κ2) is 10.4. The third-order valence-corrected chi connectivity index (χ3v) is 6.45. The zero-order chi connectivity index (χ0) is 23.3. The van der Waals surface area contributed by atoms with Crippen LogP contribution in [-0.2, 0) is 4.79 Å². The highest BCUT2D eigenvalue weighted by molar-refractivity contribution is 7.09. The Morgan fingerprint density at radius 2 is 1.91 bits per heavy atom. The molecule has 0 saturated heterocycles. The van der Waals surface area contributed by atoms with Crippen molar-refractivity contribution in [2.24, 2.45) is 5.73 Å². The first-order valence-corrected chi connectivity index (χ1v) is 11.5. The first-order valence-electron chi connectivity index (χ1n) is 10.7. The number of amides is 3. The second-order valence-corrected chi connectivity index (χ2v) is 8.58. The second-order valence-electron chi connectivity index (χ2n) is 7.81. The number of hydrogen-bond donors (Lipinski definition) is 3. The summed E-state index contributed by atoms with van der Waals surface area (Å²) in [6, 6.07) is 6.24. The molecule has 2 aromatic rings. The van der Waals surface area contributed by atoms with Gasteiger partial charge in [0.25, 0.3) is 11.8 Å². The molecular weight excluding hydrogens is 430 g/mol. The highest BCUT2D eigenvalue weighted by Crippen LogP contribution is 2.30. The van der Waals surface area contributed by atoms with Crippen molar-refractivity contribution in [2.45, 2.75) is 57.5 Å². The first-order chi connectivity index (χ1) is 15.4. The third-order valence-electron chi connectivity index (χ3n) is 5.60. The summed E-state index contributed by atoms with van der Waals surface area (Å²) in [7, 11) is 1.55. The molecule has 1 aliphatic rings. The molecule has 5 N–H and O–H groups in total. The molecule has 1 aliphatic carbocycles. The number of nitrogens with zero attached hydrogens (tertiary/aromatic N) is 2. The van der Waals surface area contributed by atoms with E-state index in [9.17, 15) is 14.4 Å². The normalized spacial score (nSPS) is 14.7. The first kappa shape index (κ1) is 23.5. The number of ether oxygens (including phenoxy) is 1. The van der Waals surface area contributed by atoms with Crippen molar-refractivity contribution in [3.05, 3.63) is 34.8 Å². The summed E-state index contributed by atoms with van der Waals surface area (Å²) in [6.45, 7) is 1.96. The van der Waals surface area contributed by atoms with Gasteiger partial charge in [0.15, 0.2) is 5.69 Å². The Hall–Kier alpha value is -3.14. The van der Waals surface area contributed by atoms with Gasteiger partial charge in [0.2, 0.25) is 5.91 Å². The predicted molar refractivity (Wildman–Crippen MR) is 124 cm³/mol. The van der Waals surface area contributed by atoms with Crippen LogP contribution < -0.4 is 26.4 Å². The van der Waals surface area contributed by atoms with Crippen LogP contribution in [0, 0.1) is 0 Å². The Bertz CT molecular complexity index is 969. The van der Waals surface area contributed by atoms with E-state index in [-0.39, 0.29) is 28.2 Å². The molecule has 0 unspecified atom stereocenters. The van der Waals surface area contributed by atoms with E-state index >= 15 is 0 Å². The summed E-state index contributed by atoms with van der Waals surface area (Å²) >= 11 is 0.800. The van der Waals surface area contributed by atoms with Crippen LogP contribution >= 0.6 is 11.5 Å². The molecule has 1 aromatic heterocycles. The van der Waals surface area contributed by atoms with E-state index < -0.39 is 17.9 Å². The third kappa shape index (κ3) is 5.01. The summed E-state index contributed by atoms with van der Waals surface area (Å²) in [5.74, 6) is -0.895. The highest BCUT2D eigenvalue weighted by atomic mass is 32.1. The van der Waals surface area contributed by atoms with Crippen molar-refractivity contribution >= 4 is 40.6 Å². The molecule has 10 heteroatoms. The molecule has 0 spiro atoms. The largest absolute Gasteiger partial charge is 0.497 e. The van der Waals surface area contributed by atoms with Gasteiger partial charge in [-0.15, -0.1) is 0 Å². The van der Waals surface area contributed by atoms with Crippen LogP contribution in [0.4, 0.5) is 11.4 Å². The van der Waals surface area contributed by atoms with Crippen LogP contribution in [0.25, 0.3) is 0 Å². The van der Waals surface area contributed by atoms with Crippen molar-refractivity contribution in [1.29, 1.82) is 0 Å². The maximum atomic E-state index is 13.7. The summed E-state index contributed by atoms with van der Waals surface area (Å²) in [5, 5.41) is 3.11. The molecule has 1 saturated carbocycles. The van der Waals surface area contributed by atoms with E-state index in [2.05, 4.69) is 9.69 Å². The van der Waals surface area contributed by atoms with E-state index in [1.807, 2.05) is 6.92 Å². The minimum Gasteiger partial charge on any atom is -0.497 e. The minimum atomic E-state index is -0.808. The summed E-state index contributed by atoms with van der Waals surface area (Å²) in [6.07, 6.45) is 5.18. The average molecular weight is 460 g/mol. The maximum Gasteiger partial charge on any atom is 0.272 e. The molecule has 1 aromatic carbocycles. The number of benzene rings is 1. The van der Waals surface area contributed by atoms with Crippen LogP contribution in [-0.4, -0.2) is 41.3 Å². The zero-order valence-electron chi connectivity index (χ0n) is 18.3. The molecule has 1 atom stereocenters. The van der Waals surface area contributed by atoms with Gasteiger partial charge in [-0.2, -0.15) is 4.37 Å². The van der Waals surface area contributed by atoms with Gasteiger partial charge in [-0.1, -0.05) is 26.2 Å². The standard InChI is InChI=1S/C22H29N5O4S/c1-3-6-16(21(29)25-13-7-4-5-8-13)27(14-9-11-15(31-2)12-10-14)22(30)19-17(23)18(20(24)28)26-32-19/h9-13,16H,3-8,23H2,1-2H3,(H2,24,28)(H,25,29)/t16-/m1/s1. The molecular formula is C22H29N5O4S. The summed E-state index contributed by atoms with van der Waals surface area (Å²) in [5.41, 5.74) is 11.6. The lowest BCUT2D eigenvalue weighted by molar-refractivity contribution is -0.123. The summed E-state index contributed by atoms with van der Waals surface area (Å²) < 4.78 is 9.17. The smallest absolute Gasteiger partial charge is 0.272 e. The Labute approximate surface area is 191 Å². The van der Waals surface area contributed by atoms with Crippen molar-refractivity contribution < 1.29 is 19.1 Å². The molecule has 32 heavy (non-hydrogen) atoms. The Morgan fingerprint density at radius 1 is 1.25 bits per heavy atom. The lowest BCUT2D eigenvalue weighted by Gasteiger charge is -2.31. The summed E-state index contributed by atoms with van der Waals surface area (Å²) in [4.78, 5) is 40.1. The number of nitrogens with one attached hydrogen (secondary N) is 1. The maximum absolute atomic E-state index is 13.7. The molecule has 0 aliphatic heterocycles.